The number of likely N-dealkylation sites (N-methyl/N-ethyl adjacent to an activating group) is 1. The molecule has 2 fully saturated rings. The molecule has 1 spiro atoms. The van der Waals surface area contributed by atoms with Crippen molar-refractivity contribution in [2.24, 2.45) is 0 Å². The summed E-state index contributed by atoms with van der Waals surface area (Å²) < 4.78 is 29.3. The molecule has 3 atom stereocenters. The fourth-order valence-electron chi connectivity index (χ4n) is 5.50. The van der Waals surface area contributed by atoms with Gasteiger partial charge in [-0.2, -0.15) is 8.78 Å². The van der Waals surface area contributed by atoms with E-state index in [2.05, 4.69) is 15.3 Å². The molecule has 8 nitrogen and oxygen atoms in total. The number of imide groups is 1. The number of β-amino-alcohol motifs (C(OH)–C–C–N with tert-alkyl or cyclic N) is 1. The molecular weight excluding hydrogens is 432 g/mol. The quantitative estimate of drug-likeness (QED) is 0.673. The molecule has 1 aromatic carbocycles. The molecule has 1 aromatic heterocycles. The number of anilines is 1. The van der Waals surface area contributed by atoms with Crippen molar-refractivity contribution in [3.63, 3.8) is 0 Å². The lowest BCUT2D eigenvalue weighted by molar-refractivity contribution is -0.130. The van der Waals surface area contributed by atoms with Gasteiger partial charge in [0.25, 0.3) is 11.8 Å². The molecule has 2 aliphatic carbocycles. The number of rotatable bonds is 2. The summed E-state index contributed by atoms with van der Waals surface area (Å²) >= 11 is 0. The Kier molecular flexibility index (Phi) is 4.01. The summed E-state index contributed by atoms with van der Waals surface area (Å²) in [4.78, 5) is 36.6. The predicted octanol–water partition coefficient (Wildman–Crippen LogP) is 2.07. The highest BCUT2D eigenvalue weighted by molar-refractivity contribution is 6.07. The summed E-state index contributed by atoms with van der Waals surface area (Å²) in [5.74, 6) is -3.12. The normalized spacial score (nSPS) is 29.4. The summed E-state index contributed by atoms with van der Waals surface area (Å²) in [5.41, 5.74) is 1.91. The van der Waals surface area contributed by atoms with Crippen molar-refractivity contribution in [3.05, 3.63) is 40.6 Å². The molecule has 6 rings (SSSR count). The van der Waals surface area contributed by atoms with Crippen LogP contribution in [0.4, 0.5) is 19.5 Å². The number of benzene rings is 1. The maximum Gasteiger partial charge on any atom is 0.325 e. The SMILES string of the molecule is C[C@H]1[C@H](O)CN1c1nc(-c2ccc3c(c2)CC[C@@]32NC(=O)N(C)C2=O)c2c(n1)C(F)(F)CC2. The van der Waals surface area contributed by atoms with Crippen LogP contribution < -0.4 is 10.2 Å². The average molecular weight is 455 g/mol. The van der Waals surface area contributed by atoms with Gasteiger partial charge in [-0.1, -0.05) is 12.1 Å². The Labute approximate surface area is 188 Å². The van der Waals surface area contributed by atoms with Crippen LogP contribution in [0.5, 0.6) is 0 Å². The zero-order valence-electron chi connectivity index (χ0n) is 18.2. The van der Waals surface area contributed by atoms with Gasteiger partial charge in [0.05, 0.1) is 17.8 Å². The summed E-state index contributed by atoms with van der Waals surface area (Å²) in [6.45, 7) is 2.11. The van der Waals surface area contributed by atoms with Crippen LogP contribution >= 0.6 is 0 Å². The van der Waals surface area contributed by atoms with Crippen LogP contribution in [-0.4, -0.2) is 57.7 Å². The van der Waals surface area contributed by atoms with E-state index in [0.29, 0.717) is 36.2 Å². The molecule has 4 aliphatic rings. The highest BCUT2D eigenvalue weighted by Gasteiger charge is 2.54. The molecule has 2 aromatic rings. The summed E-state index contributed by atoms with van der Waals surface area (Å²) in [7, 11) is 1.46. The van der Waals surface area contributed by atoms with Gasteiger partial charge in [0, 0.05) is 31.1 Å². The van der Waals surface area contributed by atoms with E-state index in [4.69, 9.17) is 0 Å². The van der Waals surface area contributed by atoms with Gasteiger partial charge in [-0.05, 0) is 43.4 Å². The van der Waals surface area contributed by atoms with Crippen LogP contribution in [0.3, 0.4) is 0 Å². The molecule has 3 amide bonds. The predicted molar refractivity (Wildman–Crippen MR) is 114 cm³/mol. The molecule has 172 valence electrons. The fraction of sp³-hybridized carbons (Fsp3) is 0.478. The Bertz CT molecular complexity index is 1230. The van der Waals surface area contributed by atoms with Crippen molar-refractivity contribution in [3.8, 4) is 11.3 Å². The molecular formula is C23H23F2N5O3. The van der Waals surface area contributed by atoms with E-state index in [9.17, 15) is 23.5 Å². The number of fused-ring (bicyclic) bond motifs is 3. The number of alkyl halides is 2. The van der Waals surface area contributed by atoms with Gasteiger partial charge in [0.1, 0.15) is 11.2 Å². The second-order valence-electron chi connectivity index (χ2n) is 9.44. The van der Waals surface area contributed by atoms with E-state index >= 15 is 0 Å². The zero-order valence-corrected chi connectivity index (χ0v) is 18.2. The fourth-order valence-corrected chi connectivity index (χ4v) is 5.50. The van der Waals surface area contributed by atoms with Gasteiger partial charge < -0.3 is 15.3 Å². The first-order chi connectivity index (χ1) is 15.6. The minimum absolute atomic E-state index is 0.177. The first-order valence-corrected chi connectivity index (χ1v) is 11.1. The van der Waals surface area contributed by atoms with Crippen LogP contribution in [0, 0.1) is 0 Å². The van der Waals surface area contributed by atoms with Crippen LogP contribution in [0.2, 0.25) is 0 Å². The number of aliphatic hydroxyl groups is 1. The lowest BCUT2D eigenvalue weighted by atomic mass is 9.90. The number of aromatic nitrogens is 2. The largest absolute Gasteiger partial charge is 0.389 e. The monoisotopic (exact) mass is 455 g/mol. The second kappa shape index (κ2) is 6.47. The number of nitrogens with one attached hydrogen (secondary N) is 1. The lowest BCUT2D eigenvalue weighted by Crippen LogP contribution is -2.59. The highest BCUT2D eigenvalue weighted by atomic mass is 19.3. The topological polar surface area (TPSA) is 98.7 Å². The number of halogens is 2. The van der Waals surface area contributed by atoms with Gasteiger partial charge in [0.15, 0.2) is 0 Å². The van der Waals surface area contributed by atoms with Crippen LogP contribution in [-0.2, 0) is 29.1 Å². The highest BCUT2D eigenvalue weighted by Crippen LogP contribution is 2.47. The van der Waals surface area contributed by atoms with Gasteiger partial charge in [-0.25, -0.2) is 14.8 Å². The van der Waals surface area contributed by atoms with Crippen molar-refractivity contribution in [2.45, 2.75) is 56.2 Å². The number of aliphatic hydroxyl groups excluding tert-OH is 1. The molecule has 2 saturated heterocycles. The molecule has 3 heterocycles. The second-order valence-corrected chi connectivity index (χ2v) is 9.44. The number of carbonyl (C=O) groups is 2. The molecule has 0 bridgehead atoms. The third-order valence-electron chi connectivity index (χ3n) is 7.62. The number of amides is 3. The Balaban J connectivity index is 1.46. The Morgan fingerprint density at radius 2 is 1.97 bits per heavy atom. The Morgan fingerprint density at radius 3 is 2.64 bits per heavy atom. The molecule has 0 saturated carbocycles. The lowest BCUT2D eigenvalue weighted by Gasteiger charge is -2.43. The van der Waals surface area contributed by atoms with E-state index in [1.54, 1.807) is 24.0 Å². The zero-order chi connectivity index (χ0) is 23.3. The number of carbonyl (C=O) groups excluding carboxylic acids is 2. The van der Waals surface area contributed by atoms with E-state index in [1.807, 2.05) is 6.07 Å². The standard InChI is InChI=1S/C23H23F2N5O3/c1-11-16(31)10-30(11)20-26-17(14-6-8-23(24,25)18(14)27-20)13-3-4-15-12(9-13)5-7-22(15)19(32)29(2)21(33)28-22/h3-4,9,11,16,31H,5-8,10H2,1-2H3,(H,28,33)/t11-,16+,22+/m0/s1. The molecule has 0 unspecified atom stereocenters. The van der Waals surface area contributed by atoms with E-state index in [1.165, 1.54) is 7.05 Å². The third kappa shape index (κ3) is 2.64. The van der Waals surface area contributed by atoms with Crippen LogP contribution in [0.25, 0.3) is 11.3 Å². The van der Waals surface area contributed by atoms with Crippen molar-refractivity contribution in [2.75, 3.05) is 18.5 Å². The van der Waals surface area contributed by atoms with E-state index in [-0.39, 0.29) is 36.4 Å². The minimum Gasteiger partial charge on any atom is -0.389 e. The van der Waals surface area contributed by atoms with Crippen molar-refractivity contribution in [1.29, 1.82) is 0 Å². The maximum absolute atomic E-state index is 14.7. The van der Waals surface area contributed by atoms with Gasteiger partial charge >= 0.3 is 6.03 Å². The first kappa shape index (κ1) is 20.5. The van der Waals surface area contributed by atoms with Gasteiger partial charge in [-0.15, -0.1) is 0 Å². The average Bonchev–Trinajstić information content (AvgIpc) is 3.39. The van der Waals surface area contributed by atoms with Crippen LogP contribution in [0.15, 0.2) is 18.2 Å². The Morgan fingerprint density at radius 1 is 1.18 bits per heavy atom. The molecule has 2 N–H and O–H groups in total. The number of urea groups is 1. The molecule has 0 radical (unpaired) electrons. The van der Waals surface area contributed by atoms with Crippen molar-refractivity contribution in [1.82, 2.24) is 20.2 Å². The molecule has 33 heavy (non-hydrogen) atoms. The Hall–Kier alpha value is -3.14. The first-order valence-electron chi connectivity index (χ1n) is 11.1. The summed E-state index contributed by atoms with van der Waals surface area (Å²) in [6, 6.07) is 4.79. The summed E-state index contributed by atoms with van der Waals surface area (Å²) in [5, 5.41) is 12.7. The van der Waals surface area contributed by atoms with Crippen molar-refractivity contribution < 1.29 is 23.5 Å². The number of hydrogen-bond donors (Lipinski definition) is 2. The number of nitrogens with zero attached hydrogens (tertiary/aromatic N) is 4. The van der Waals surface area contributed by atoms with Gasteiger partial charge in [0.2, 0.25) is 5.95 Å². The molecule has 2 aliphatic heterocycles. The van der Waals surface area contributed by atoms with Crippen molar-refractivity contribution >= 4 is 17.9 Å². The van der Waals surface area contributed by atoms with E-state index < -0.39 is 23.6 Å². The number of aryl methyl sites for hydroxylation is 1. The number of hydrogen-bond acceptors (Lipinski definition) is 6. The van der Waals surface area contributed by atoms with Crippen LogP contribution in [0.1, 0.15) is 42.1 Å². The summed E-state index contributed by atoms with van der Waals surface area (Å²) in [6.07, 6.45) is 0.353. The van der Waals surface area contributed by atoms with E-state index in [0.717, 1.165) is 16.0 Å². The molecule has 10 heteroatoms. The smallest absolute Gasteiger partial charge is 0.325 e. The third-order valence-corrected chi connectivity index (χ3v) is 7.62. The minimum atomic E-state index is -3.03. The van der Waals surface area contributed by atoms with Gasteiger partial charge in [-0.3, -0.25) is 9.69 Å². The maximum atomic E-state index is 14.7.